The monoisotopic (exact) mass is 1420 g/mol. The topological polar surface area (TPSA) is 329 Å². The number of rotatable bonds is 25. The van der Waals surface area contributed by atoms with Crippen molar-refractivity contribution in [2.75, 3.05) is 19.8 Å². The van der Waals surface area contributed by atoms with E-state index in [4.69, 9.17) is 71.1 Å². The van der Waals surface area contributed by atoms with Gasteiger partial charge in [0, 0.05) is 13.8 Å². The minimum atomic E-state index is -2.32. The molecule has 26 nitrogen and oxygen atoms in total. The molecule has 0 aliphatic carbocycles. The molecule has 1 unspecified atom stereocenters. The van der Waals surface area contributed by atoms with Crippen molar-refractivity contribution in [3.63, 3.8) is 0 Å². The van der Waals surface area contributed by atoms with E-state index < -0.39 is 172 Å². The Balaban J connectivity index is 1.01. The van der Waals surface area contributed by atoms with Gasteiger partial charge in [0.2, 0.25) is 0 Å². The minimum absolute atomic E-state index is 0.00145. The Morgan fingerprint density at radius 2 is 0.510 bits per heavy atom. The van der Waals surface area contributed by atoms with Gasteiger partial charge in [0.25, 0.3) is 0 Å². The molecule has 0 aromatic heterocycles. The SMILES string of the molecule is CC(=O)O[C@H]1[C@H](O[C@@H]2O[C@H](COC(=O)c3ccccc3)[C@@H](OC(=O)c3ccccc3)[C@H](OC(=O)c3ccccc3)[C@H]2OC(=O)c2ccccc2)[C@@H](OC(C)=O)C(O)O[C@@H]1CO[C@@H]1O[C@H](COC(=O)c2ccccc2)[C@@H](OC(=O)c2ccccc2)[C@H](OC(=O)c2ccccc2)[C@H]1OC(=O)c1ccccc1. The molecule has 3 saturated heterocycles. The Hall–Kier alpha value is -11.8. The maximum absolute atomic E-state index is 14.7. The van der Waals surface area contributed by atoms with Crippen LogP contribution in [0.3, 0.4) is 0 Å². The average Bonchev–Trinajstić information content (AvgIpc) is 0.770. The van der Waals surface area contributed by atoms with Gasteiger partial charge in [-0.05, 0) is 97.1 Å². The van der Waals surface area contributed by atoms with Gasteiger partial charge >= 0.3 is 59.7 Å². The number of benzene rings is 8. The molecular weight excluding hydrogens is 1350 g/mol. The third kappa shape index (κ3) is 18.8. The summed E-state index contributed by atoms with van der Waals surface area (Å²) in [5, 5.41) is 12.3. The average molecular weight is 1420 g/mol. The van der Waals surface area contributed by atoms with Crippen LogP contribution in [-0.2, 0) is 80.6 Å². The molecule has 1 N–H and O–H groups in total. The van der Waals surface area contributed by atoms with Gasteiger partial charge in [0.15, 0.2) is 67.7 Å². The van der Waals surface area contributed by atoms with Gasteiger partial charge in [-0.15, -0.1) is 0 Å². The van der Waals surface area contributed by atoms with E-state index in [1.807, 2.05) is 0 Å². The van der Waals surface area contributed by atoms with Gasteiger partial charge in [-0.3, -0.25) is 9.59 Å². The van der Waals surface area contributed by atoms with E-state index in [1.54, 1.807) is 109 Å². The summed E-state index contributed by atoms with van der Waals surface area (Å²) in [5.74, 6) is -10.3. The zero-order chi connectivity index (χ0) is 73.1. The number of ether oxygens (including phenoxy) is 15. The molecule has 0 radical (unpaired) electrons. The second kappa shape index (κ2) is 35.2. The molecule has 3 aliphatic rings. The van der Waals surface area contributed by atoms with Gasteiger partial charge in [0.05, 0.1) is 51.1 Å². The summed E-state index contributed by atoms with van der Waals surface area (Å²) in [7, 11) is 0. The zero-order valence-electron chi connectivity index (χ0n) is 55.5. The second-order valence-corrected chi connectivity index (χ2v) is 23.6. The molecule has 8 aromatic carbocycles. The second-order valence-electron chi connectivity index (χ2n) is 23.6. The molecule has 3 fully saturated rings. The van der Waals surface area contributed by atoms with Crippen LogP contribution in [0, 0.1) is 0 Å². The normalized spacial score (nSPS) is 24.1. The summed E-state index contributed by atoms with van der Waals surface area (Å²) in [6.07, 6.45) is -30.0. The van der Waals surface area contributed by atoms with Crippen LogP contribution in [0.4, 0.5) is 0 Å². The van der Waals surface area contributed by atoms with Gasteiger partial charge in [-0.2, -0.15) is 0 Å². The predicted molar refractivity (Wildman–Crippen MR) is 357 cm³/mol. The third-order valence-electron chi connectivity index (χ3n) is 16.4. The van der Waals surface area contributed by atoms with Crippen LogP contribution in [0.5, 0.6) is 0 Å². The lowest BCUT2D eigenvalue weighted by Crippen LogP contribution is -2.67. The lowest BCUT2D eigenvalue weighted by atomic mass is 9.95. The summed E-state index contributed by atoms with van der Waals surface area (Å²) >= 11 is 0. The Morgan fingerprint density at radius 1 is 0.269 bits per heavy atom. The molecule has 0 saturated carbocycles. The summed E-state index contributed by atoms with van der Waals surface area (Å²) in [5.41, 5.74) is -0.105. The van der Waals surface area contributed by atoms with Crippen LogP contribution < -0.4 is 0 Å². The number of aliphatic hydroxyl groups is 1. The highest BCUT2D eigenvalue weighted by Gasteiger charge is 2.59. The van der Waals surface area contributed by atoms with E-state index in [2.05, 4.69) is 0 Å². The molecule has 0 spiro atoms. The first-order valence-corrected chi connectivity index (χ1v) is 32.7. The highest BCUT2D eigenvalue weighted by atomic mass is 16.8. The Morgan fingerprint density at radius 3 is 0.817 bits per heavy atom. The van der Waals surface area contributed by atoms with Crippen LogP contribution in [0.15, 0.2) is 243 Å². The van der Waals surface area contributed by atoms with Gasteiger partial charge < -0.3 is 76.2 Å². The largest absolute Gasteiger partial charge is 0.459 e. The highest BCUT2D eigenvalue weighted by molar-refractivity contribution is 5.94. The lowest BCUT2D eigenvalue weighted by molar-refractivity contribution is -0.361. The number of carbonyl (C=O) groups excluding carboxylic acids is 10. The van der Waals surface area contributed by atoms with E-state index in [0.29, 0.717) is 0 Å². The molecule has 11 rings (SSSR count). The van der Waals surface area contributed by atoms with Crippen molar-refractivity contribution in [3.05, 3.63) is 287 Å². The van der Waals surface area contributed by atoms with Crippen LogP contribution in [0.2, 0.25) is 0 Å². The molecule has 536 valence electrons. The van der Waals surface area contributed by atoms with Crippen molar-refractivity contribution < 1.29 is 124 Å². The molecule has 8 aromatic rings. The van der Waals surface area contributed by atoms with Gasteiger partial charge in [-0.1, -0.05) is 146 Å². The third-order valence-corrected chi connectivity index (χ3v) is 16.4. The fourth-order valence-electron chi connectivity index (χ4n) is 11.5. The first-order chi connectivity index (χ1) is 50.5. The van der Waals surface area contributed by atoms with Crippen molar-refractivity contribution in [1.29, 1.82) is 0 Å². The van der Waals surface area contributed by atoms with Gasteiger partial charge in [-0.25, -0.2) is 38.4 Å². The Kier molecular flexibility index (Phi) is 24.9. The molecular formula is C78H68O26. The van der Waals surface area contributed by atoms with Crippen molar-refractivity contribution in [1.82, 2.24) is 0 Å². The molecule has 3 aliphatic heterocycles. The summed E-state index contributed by atoms with van der Waals surface area (Å²) in [6, 6.07) is 60.5. The van der Waals surface area contributed by atoms with Crippen molar-refractivity contribution in [2.45, 2.75) is 106 Å². The Labute approximate surface area is 594 Å². The van der Waals surface area contributed by atoms with E-state index in [-0.39, 0.29) is 44.5 Å². The number of aliphatic hydroxyl groups excluding tert-OH is 1. The quantitative estimate of drug-likeness (QED) is 0.0414. The van der Waals surface area contributed by atoms with E-state index in [1.165, 1.54) is 133 Å². The van der Waals surface area contributed by atoms with E-state index in [9.17, 15) is 53.1 Å². The highest BCUT2D eigenvalue weighted by Crippen LogP contribution is 2.38. The molecule has 3 heterocycles. The molecule has 104 heavy (non-hydrogen) atoms. The maximum atomic E-state index is 14.7. The van der Waals surface area contributed by atoms with Crippen LogP contribution in [0.25, 0.3) is 0 Å². The van der Waals surface area contributed by atoms with Crippen LogP contribution >= 0.6 is 0 Å². The fourth-order valence-corrected chi connectivity index (χ4v) is 11.5. The number of carbonyl (C=O) groups is 10. The van der Waals surface area contributed by atoms with Crippen LogP contribution in [0.1, 0.15) is 96.7 Å². The van der Waals surface area contributed by atoms with Crippen molar-refractivity contribution >= 4 is 59.7 Å². The summed E-state index contributed by atoms with van der Waals surface area (Å²) < 4.78 is 93.6. The molecule has 15 atom stereocenters. The first-order valence-electron chi connectivity index (χ1n) is 32.7. The molecule has 0 amide bonds. The number of hydrogen-bond acceptors (Lipinski definition) is 26. The molecule has 0 bridgehead atoms. The predicted octanol–water partition coefficient (Wildman–Crippen LogP) is 8.49. The van der Waals surface area contributed by atoms with E-state index in [0.717, 1.165) is 13.8 Å². The lowest BCUT2D eigenvalue weighted by Gasteiger charge is -2.48. The smallest absolute Gasteiger partial charge is 0.338 e. The maximum Gasteiger partial charge on any atom is 0.338 e. The zero-order valence-corrected chi connectivity index (χ0v) is 55.5. The Bertz CT molecular complexity index is 4230. The first kappa shape index (κ1) is 73.4. The fraction of sp³-hybridized carbons (Fsp3) is 0.256. The van der Waals surface area contributed by atoms with Crippen LogP contribution in [-0.4, -0.2) is 177 Å². The standard InChI is InChI=1S/C78H68O26/c1-46(79)93-59-56(45-92-77-66(102-74(87)54-39-23-9-24-40-54)63(100-72(85)52-35-19-7-20-36-52)60(98-70(83)50-31-15-5-16-32-50)57(96-77)43-90-68(81)48-27-11-3-12-28-48)95-76(89)65(94-47(2)80)62(59)104-78-67(103-75(88)55-41-25-10-26-42-55)64(101-73(86)53-37-21-8-22-38-53)61(99-71(84)51-33-17-6-18-34-51)58(97-78)44-91-69(82)49-29-13-4-14-30-49/h3-42,56-67,76-78,89H,43-45H2,1-2H3/t56-,57-,58-,59-,60-,61-,62+,63+,64+,65-,66-,67-,76?,77-,78+/m1/s1. The summed E-state index contributed by atoms with van der Waals surface area (Å²) in [4.78, 5) is 142. The number of esters is 10. The van der Waals surface area contributed by atoms with Crippen molar-refractivity contribution in [3.8, 4) is 0 Å². The summed E-state index contributed by atoms with van der Waals surface area (Å²) in [6.45, 7) is -0.673. The van der Waals surface area contributed by atoms with Gasteiger partial charge in [0.1, 0.15) is 37.6 Å². The molecule has 26 heteroatoms. The number of hydrogen-bond donors (Lipinski definition) is 1. The van der Waals surface area contributed by atoms with E-state index >= 15 is 0 Å². The minimum Gasteiger partial charge on any atom is -0.459 e. The van der Waals surface area contributed by atoms with Crippen molar-refractivity contribution in [2.24, 2.45) is 0 Å².